The maximum atomic E-state index is 11.6. The van der Waals surface area contributed by atoms with Gasteiger partial charge in [0.05, 0.1) is 13.7 Å². The Morgan fingerprint density at radius 2 is 1.80 bits per heavy atom. The molecule has 116 valence electrons. The molecule has 2 atom stereocenters. The normalized spacial score (nSPS) is 13.9. The molecule has 0 aromatic carbocycles. The summed E-state index contributed by atoms with van der Waals surface area (Å²) in [5.74, 6) is -1.69. The second-order valence-electron chi connectivity index (χ2n) is 4.89. The van der Waals surface area contributed by atoms with E-state index >= 15 is 0 Å². The van der Waals surface area contributed by atoms with Crippen molar-refractivity contribution in [3.8, 4) is 0 Å². The SMILES string of the molecule is COC(=O)C(CO)NC(=O)C(N)NC(=O)OC(C)(C)C. The number of carbonyl (C=O) groups excluding carboxylic acids is 3. The topological polar surface area (TPSA) is 140 Å². The van der Waals surface area contributed by atoms with Crippen LogP contribution in [0.25, 0.3) is 0 Å². The van der Waals surface area contributed by atoms with Gasteiger partial charge in [-0.3, -0.25) is 10.1 Å². The fourth-order valence-electron chi connectivity index (χ4n) is 1.08. The molecule has 2 unspecified atom stereocenters. The summed E-state index contributed by atoms with van der Waals surface area (Å²) < 4.78 is 9.27. The Morgan fingerprint density at radius 1 is 1.25 bits per heavy atom. The molecular weight excluding hydrogens is 270 g/mol. The predicted molar refractivity (Wildman–Crippen MR) is 68.4 cm³/mol. The minimum atomic E-state index is -1.43. The van der Waals surface area contributed by atoms with Crippen molar-refractivity contribution in [2.45, 2.75) is 38.6 Å². The van der Waals surface area contributed by atoms with E-state index in [1.165, 1.54) is 0 Å². The van der Waals surface area contributed by atoms with E-state index in [9.17, 15) is 14.4 Å². The second kappa shape index (κ2) is 7.65. The number of methoxy groups -OCH3 is 1. The number of nitrogens with two attached hydrogens (primary N) is 1. The third-order valence-electron chi connectivity index (χ3n) is 1.94. The van der Waals surface area contributed by atoms with Gasteiger partial charge in [0.1, 0.15) is 5.60 Å². The largest absolute Gasteiger partial charge is 0.467 e. The average Bonchev–Trinajstić information content (AvgIpc) is 2.31. The number of nitrogens with one attached hydrogen (secondary N) is 2. The average molecular weight is 291 g/mol. The summed E-state index contributed by atoms with van der Waals surface area (Å²) >= 11 is 0. The molecule has 9 heteroatoms. The quantitative estimate of drug-likeness (QED) is 0.355. The van der Waals surface area contributed by atoms with Crippen LogP contribution in [0.1, 0.15) is 20.8 Å². The van der Waals surface area contributed by atoms with E-state index in [1.807, 2.05) is 0 Å². The minimum Gasteiger partial charge on any atom is -0.467 e. The van der Waals surface area contributed by atoms with Gasteiger partial charge in [-0.25, -0.2) is 9.59 Å². The van der Waals surface area contributed by atoms with Crippen LogP contribution in [0, 0.1) is 0 Å². The van der Waals surface area contributed by atoms with Gasteiger partial charge in [0.2, 0.25) is 0 Å². The molecule has 0 rings (SSSR count). The molecule has 0 aromatic rings. The number of esters is 1. The number of aliphatic hydroxyl groups is 1. The number of aliphatic hydroxyl groups excluding tert-OH is 1. The van der Waals surface area contributed by atoms with Gasteiger partial charge in [-0.1, -0.05) is 0 Å². The van der Waals surface area contributed by atoms with Crippen molar-refractivity contribution in [2.24, 2.45) is 5.73 Å². The first-order chi connectivity index (χ1) is 9.10. The summed E-state index contributed by atoms with van der Waals surface area (Å²) in [6.07, 6.45) is -2.30. The van der Waals surface area contributed by atoms with Gasteiger partial charge >= 0.3 is 12.1 Å². The van der Waals surface area contributed by atoms with Crippen LogP contribution in [0.2, 0.25) is 0 Å². The van der Waals surface area contributed by atoms with Crippen molar-refractivity contribution in [2.75, 3.05) is 13.7 Å². The van der Waals surface area contributed by atoms with Crippen LogP contribution in [0.15, 0.2) is 0 Å². The van der Waals surface area contributed by atoms with E-state index in [0.717, 1.165) is 7.11 Å². The molecule has 0 aliphatic heterocycles. The number of carbonyl (C=O) groups is 3. The summed E-state index contributed by atoms with van der Waals surface area (Å²) in [6.45, 7) is 4.29. The molecule has 0 bridgehead atoms. The van der Waals surface area contributed by atoms with E-state index < -0.39 is 42.4 Å². The first kappa shape index (κ1) is 18.1. The molecule has 0 saturated heterocycles. The summed E-state index contributed by atoms with van der Waals surface area (Å²) in [4.78, 5) is 34.2. The monoisotopic (exact) mass is 291 g/mol. The lowest BCUT2D eigenvalue weighted by Gasteiger charge is -2.22. The fraction of sp³-hybridized carbons (Fsp3) is 0.727. The Labute approximate surface area is 116 Å². The van der Waals surface area contributed by atoms with Crippen LogP contribution >= 0.6 is 0 Å². The molecule has 5 N–H and O–H groups in total. The number of hydrogen-bond donors (Lipinski definition) is 4. The predicted octanol–water partition coefficient (Wildman–Crippen LogP) is -1.55. The van der Waals surface area contributed by atoms with Crippen molar-refractivity contribution in [1.29, 1.82) is 0 Å². The van der Waals surface area contributed by atoms with Gasteiger partial charge < -0.3 is 25.6 Å². The van der Waals surface area contributed by atoms with Crippen LogP contribution in [-0.2, 0) is 19.1 Å². The zero-order chi connectivity index (χ0) is 15.9. The molecule has 0 radical (unpaired) electrons. The first-order valence-electron chi connectivity index (χ1n) is 5.85. The van der Waals surface area contributed by atoms with Crippen molar-refractivity contribution >= 4 is 18.0 Å². The summed E-state index contributed by atoms with van der Waals surface area (Å²) in [5.41, 5.74) is 4.69. The van der Waals surface area contributed by atoms with Gasteiger partial charge in [0.15, 0.2) is 12.2 Å². The van der Waals surface area contributed by atoms with Crippen LogP contribution < -0.4 is 16.4 Å². The van der Waals surface area contributed by atoms with Gasteiger partial charge in [-0.05, 0) is 20.8 Å². The van der Waals surface area contributed by atoms with E-state index in [-0.39, 0.29) is 0 Å². The van der Waals surface area contributed by atoms with Crippen molar-refractivity contribution in [3.05, 3.63) is 0 Å². The lowest BCUT2D eigenvalue weighted by molar-refractivity contribution is -0.146. The maximum absolute atomic E-state index is 11.6. The molecule has 9 nitrogen and oxygen atoms in total. The zero-order valence-corrected chi connectivity index (χ0v) is 11.9. The molecule has 20 heavy (non-hydrogen) atoms. The zero-order valence-electron chi connectivity index (χ0n) is 11.9. The smallest absolute Gasteiger partial charge is 0.409 e. The molecule has 0 saturated carbocycles. The Bertz CT molecular complexity index is 366. The Morgan fingerprint density at radius 3 is 2.20 bits per heavy atom. The second-order valence-corrected chi connectivity index (χ2v) is 4.89. The molecule has 0 heterocycles. The minimum absolute atomic E-state index is 0.655. The van der Waals surface area contributed by atoms with Gasteiger partial charge in [-0.2, -0.15) is 0 Å². The van der Waals surface area contributed by atoms with Gasteiger partial charge in [-0.15, -0.1) is 0 Å². The van der Waals surface area contributed by atoms with E-state index in [4.69, 9.17) is 15.6 Å². The fourth-order valence-corrected chi connectivity index (χ4v) is 1.08. The molecule has 0 spiro atoms. The summed E-state index contributed by atoms with van der Waals surface area (Å²) in [6, 6.07) is -1.25. The van der Waals surface area contributed by atoms with E-state index in [2.05, 4.69) is 15.4 Å². The van der Waals surface area contributed by atoms with Crippen LogP contribution in [-0.4, -0.2) is 54.6 Å². The van der Waals surface area contributed by atoms with Crippen LogP contribution in [0.4, 0.5) is 4.79 Å². The first-order valence-corrected chi connectivity index (χ1v) is 5.85. The molecule has 0 aliphatic carbocycles. The highest BCUT2D eigenvalue weighted by Crippen LogP contribution is 2.06. The van der Waals surface area contributed by atoms with Crippen molar-refractivity contribution in [1.82, 2.24) is 10.6 Å². The Balaban J connectivity index is 4.41. The molecular formula is C11H21N3O6. The molecule has 2 amide bonds. The number of amides is 2. The lowest BCUT2D eigenvalue weighted by Crippen LogP contribution is -2.57. The highest BCUT2D eigenvalue weighted by atomic mass is 16.6. The van der Waals surface area contributed by atoms with E-state index in [0.29, 0.717) is 0 Å². The van der Waals surface area contributed by atoms with Gasteiger partial charge in [0, 0.05) is 0 Å². The third kappa shape index (κ3) is 6.90. The molecule has 0 aromatic heterocycles. The number of ether oxygens (including phenoxy) is 2. The maximum Gasteiger partial charge on any atom is 0.409 e. The van der Waals surface area contributed by atoms with Crippen LogP contribution in [0.5, 0.6) is 0 Å². The standard InChI is InChI=1S/C11H21N3O6/c1-11(2,3)20-10(18)14-7(12)8(16)13-6(5-15)9(17)19-4/h6-7,15H,5,12H2,1-4H3,(H,13,16)(H,14,18). The number of rotatable bonds is 5. The lowest BCUT2D eigenvalue weighted by atomic mass is 10.2. The van der Waals surface area contributed by atoms with Crippen molar-refractivity contribution in [3.63, 3.8) is 0 Å². The van der Waals surface area contributed by atoms with E-state index in [1.54, 1.807) is 20.8 Å². The molecule has 0 aliphatic rings. The van der Waals surface area contributed by atoms with Gasteiger partial charge in [0.25, 0.3) is 5.91 Å². The number of hydrogen-bond acceptors (Lipinski definition) is 7. The Kier molecular flexibility index (Phi) is 6.94. The highest BCUT2D eigenvalue weighted by Gasteiger charge is 2.26. The molecule has 0 fully saturated rings. The van der Waals surface area contributed by atoms with Crippen molar-refractivity contribution < 1.29 is 29.0 Å². The third-order valence-corrected chi connectivity index (χ3v) is 1.94. The summed E-state index contributed by atoms with van der Waals surface area (Å²) in [5, 5.41) is 13.1. The van der Waals surface area contributed by atoms with Crippen LogP contribution in [0.3, 0.4) is 0 Å². The number of alkyl carbamates (subject to hydrolysis) is 1. The highest BCUT2D eigenvalue weighted by molar-refractivity contribution is 5.89. The Hall–Kier alpha value is -1.87. The summed E-state index contributed by atoms with van der Waals surface area (Å²) in [7, 11) is 1.11.